The van der Waals surface area contributed by atoms with Gasteiger partial charge < -0.3 is 23.8 Å². The summed E-state index contributed by atoms with van der Waals surface area (Å²) in [6.07, 6.45) is 4.31. The van der Waals surface area contributed by atoms with Crippen molar-refractivity contribution in [1.82, 2.24) is 9.97 Å². The normalized spacial score (nSPS) is 15.0. The van der Waals surface area contributed by atoms with Gasteiger partial charge in [0.15, 0.2) is 17.6 Å². The molecule has 28 heavy (non-hydrogen) atoms. The Kier molecular flexibility index (Phi) is 4.77. The van der Waals surface area contributed by atoms with E-state index in [1.54, 1.807) is 31.5 Å². The van der Waals surface area contributed by atoms with Crippen LogP contribution in [0.5, 0.6) is 5.75 Å². The van der Waals surface area contributed by atoms with Crippen LogP contribution in [0.1, 0.15) is 12.8 Å². The fourth-order valence-electron chi connectivity index (χ4n) is 3.67. The Balaban J connectivity index is 1.68. The minimum absolute atomic E-state index is 0.0852. The average Bonchev–Trinajstić information content (AvgIpc) is 3.27. The largest absolute Gasteiger partial charge is 0.496 e. The Hall–Kier alpha value is -3.29. The van der Waals surface area contributed by atoms with Crippen LogP contribution in [-0.4, -0.2) is 43.2 Å². The zero-order valence-electron chi connectivity index (χ0n) is 15.7. The highest BCUT2D eigenvalue weighted by atomic mass is 16.5. The Morgan fingerprint density at radius 2 is 2.04 bits per heavy atom. The van der Waals surface area contributed by atoms with Crippen LogP contribution in [0.3, 0.4) is 0 Å². The summed E-state index contributed by atoms with van der Waals surface area (Å²) in [7, 11) is 2.98. The van der Waals surface area contributed by atoms with Gasteiger partial charge in [0.05, 0.1) is 37.4 Å². The predicted molar refractivity (Wildman–Crippen MR) is 104 cm³/mol. The summed E-state index contributed by atoms with van der Waals surface area (Å²) in [4.78, 5) is 33.8. The van der Waals surface area contributed by atoms with Gasteiger partial charge in [-0.2, -0.15) is 0 Å². The molecule has 2 aromatic heterocycles. The maximum Gasteiger partial charge on any atom is 0.308 e. The molecule has 8 nitrogen and oxygen atoms in total. The van der Waals surface area contributed by atoms with Crippen LogP contribution in [0, 0.1) is 5.92 Å². The van der Waals surface area contributed by atoms with Crippen LogP contribution < -0.4 is 15.1 Å². The molecule has 0 atom stereocenters. The number of hydrogen-bond donors (Lipinski definition) is 1. The number of methoxy groups -OCH3 is 2. The van der Waals surface area contributed by atoms with E-state index in [1.165, 1.54) is 13.5 Å². The second kappa shape index (κ2) is 7.38. The van der Waals surface area contributed by atoms with Gasteiger partial charge in [0, 0.05) is 30.6 Å². The van der Waals surface area contributed by atoms with E-state index in [2.05, 4.69) is 14.9 Å². The predicted octanol–water partition coefficient (Wildman–Crippen LogP) is 2.58. The molecule has 4 rings (SSSR count). The highest BCUT2D eigenvalue weighted by molar-refractivity contribution is 5.88. The third-order valence-corrected chi connectivity index (χ3v) is 5.20. The summed E-state index contributed by atoms with van der Waals surface area (Å²) in [5, 5.41) is 0.542. The number of carbonyl (C=O) groups is 1. The number of oxazole rings is 1. The summed E-state index contributed by atoms with van der Waals surface area (Å²) in [5.41, 5.74) is 1.25. The maximum atomic E-state index is 12.8. The van der Waals surface area contributed by atoms with Crippen LogP contribution in [0.2, 0.25) is 0 Å². The molecule has 1 N–H and O–H groups in total. The molecule has 0 saturated carbocycles. The van der Waals surface area contributed by atoms with E-state index < -0.39 is 0 Å². The molecule has 1 saturated heterocycles. The van der Waals surface area contributed by atoms with E-state index in [0.717, 1.165) is 5.82 Å². The number of fused-ring (bicyclic) bond motifs is 1. The molecule has 146 valence electrons. The number of ether oxygens (including phenoxy) is 2. The molecular weight excluding hydrogens is 362 g/mol. The van der Waals surface area contributed by atoms with Gasteiger partial charge in [-0.3, -0.25) is 9.59 Å². The van der Waals surface area contributed by atoms with Crippen LogP contribution in [-0.2, 0) is 9.53 Å². The van der Waals surface area contributed by atoms with Crippen molar-refractivity contribution in [2.24, 2.45) is 5.92 Å². The summed E-state index contributed by atoms with van der Waals surface area (Å²) < 4.78 is 15.7. The van der Waals surface area contributed by atoms with Gasteiger partial charge in [-0.15, -0.1) is 0 Å². The van der Waals surface area contributed by atoms with Crippen molar-refractivity contribution in [3.63, 3.8) is 0 Å². The van der Waals surface area contributed by atoms with Gasteiger partial charge in [0.1, 0.15) is 11.6 Å². The van der Waals surface area contributed by atoms with Crippen molar-refractivity contribution in [2.45, 2.75) is 12.8 Å². The highest BCUT2D eigenvalue weighted by Gasteiger charge is 2.26. The van der Waals surface area contributed by atoms with E-state index in [0.29, 0.717) is 53.9 Å². The summed E-state index contributed by atoms with van der Waals surface area (Å²) in [6.45, 7) is 1.35. The fraction of sp³-hybridized carbons (Fsp3) is 0.350. The zero-order chi connectivity index (χ0) is 19.7. The molecule has 3 heterocycles. The lowest BCUT2D eigenvalue weighted by Gasteiger charge is -2.32. The van der Waals surface area contributed by atoms with Crippen LogP contribution in [0.25, 0.3) is 22.2 Å². The minimum Gasteiger partial charge on any atom is -0.496 e. The van der Waals surface area contributed by atoms with Crippen molar-refractivity contribution in [2.75, 3.05) is 32.2 Å². The Labute approximate surface area is 161 Å². The fourth-order valence-corrected chi connectivity index (χ4v) is 3.67. The molecule has 0 unspecified atom stereocenters. The summed E-state index contributed by atoms with van der Waals surface area (Å²) in [5.74, 6) is 1.60. The number of hydrogen-bond acceptors (Lipinski definition) is 7. The SMILES string of the molecule is COC(=O)C1CCN(c2cc(=O)c3cc(-c4cnco4)c(OC)cc3[nH]2)CC1. The molecule has 0 aliphatic carbocycles. The second-order valence-electron chi connectivity index (χ2n) is 6.77. The number of piperidine rings is 1. The number of rotatable bonds is 4. The molecule has 1 aliphatic heterocycles. The van der Waals surface area contributed by atoms with Crippen LogP contribution in [0.15, 0.2) is 40.0 Å². The number of esters is 1. The quantitative estimate of drug-likeness (QED) is 0.692. The third-order valence-electron chi connectivity index (χ3n) is 5.20. The standard InChI is InChI=1S/C20H21N3O5/c1-26-17-8-15-13(7-14(17)18-10-21-11-28-18)16(24)9-19(22-15)23-5-3-12(4-6-23)20(25)27-2/h7-12H,3-6H2,1-2H3,(H,22,24). The molecule has 0 spiro atoms. The lowest BCUT2D eigenvalue weighted by atomic mass is 9.97. The number of benzene rings is 1. The Bertz CT molecular complexity index is 1050. The zero-order valence-corrected chi connectivity index (χ0v) is 15.7. The number of H-pyrrole nitrogens is 1. The lowest BCUT2D eigenvalue weighted by molar-refractivity contribution is -0.146. The van der Waals surface area contributed by atoms with Crippen molar-refractivity contribution in [3.8, 4) is 17.1 Å². The van der Waals surface area contributed by atoms with Gasteiger partial charge in [-0.05, 0) is 18.9 Å². The lowest BCUT2D eigenvalue weighted by Crippen LogP contribution is -2.37. The van der Waals surface area contributed by atoms with E-state index >= 15 is 0 Å². The van der Waals surface area contributed by atoms with Gasteiger partial charge in [0.25, 0.3) is 0 Å². The number of aromatic amines is 1. The Morgan fingerprint density at radius 3 is 2.68 bits per heavy atom. The highest BCUT2D eigenvalue weighted by Crippen LogP contribution is 2.33. The first-order valence-corrected chi connectivity index (χ1v) is 9.07. The monoisotopic (exact) mass is 383 g/mol. The molecule has 1 fully saturated rings. The van der Waals surface area contributed by atoms with Crippen molar-refractivity contribution >= 4 is 22.7 Å². The van der Waals surface area contributed by atoms with Crippen LogP contribution in [0.4, 0.5) is 5.82 Å². The van der Waals surface area contributed by atoms with E-state index in [-0.39, 0.29) is 17.3 Å². The topological polar surface area (TPSA) is 97.7 Å². The molecule has 1 aromatic carbocycles. The first-order valence-electron chi connectivity index (χ1n) is 9.07. The first-order chi connectivity index (χ1) is 13.6. The third kappa shape index (κ3) is 3.21. The van der Waals surface area contributed by atoms with Crippen LogP contribution >= 0.6 is 0 Å². The first kappa shape index (κ1) is 18.1. The smallest absolute Gasteiger partial charge is 0.308 e. The number of carbonyl (C=O) groups excluding carboxylic acids is 1. The number of anilines is 1. The molecule has 1 aliphatic rings. The molecule has 0 radical (unpaired) electrons. The molecule has 8 heteroatoms. The summed E-state index contributed by atoms with van der Waals surface area (Å²) in [6, 6.07) is 5.14. The minimum atomic E-state index is -0.170. The van der Waals surface area contributed by atoms with Gasteiger partial charge >= 0.3 is 5.97 Å². The molecule has 3 aromatic rings. The van der Waals surface area contributed by atoms with Gasteiger partial charge in [-0.1, -0.05) is 0 Å². The van der Waals surface area contributed by atoms with Crippen molar-refractivity contribution < 1.29 is 18.7 Å². The number of nitrogens with zero attached hydrogens (tertiary/aromatic N) is 2. The van der Waals surface area contributed by atoms with Crippen molar-refractivity contribution in [3.05, 3.63) is 41.0 Å². The number of nitrogens with one attached hydrogen (secondary N) is 1. The molecule has 0 bridgehead atoms. The van der Waals surface area contributed by atoms with E-state index in [9.17, 15) is 9.59 Å². The Morgan fingerprint density at radius 1 is 1.25 bits per heavy atom. The van der Waals surface area contributed by atoms with Gasteiger partial charge in [-0.25, -0.2) is 4.98 Å². The van der Waals surface area contributed by atoms with E-state index in [4.69, 9.17) is 13.9 Å². The number of pyridine rings is 1. The van der Waals surface area contributed by atoms with Crippen molar-refractivity contribution in [1.29, 1.82) is 0 Å². The maximum absolute atomic E-state index is 12.8. The summed E-state index contributed by atoms with van der Waals surface area (Å²) >= 11 is 0. The second-order valence-corrected chi connectivity index (χ2v) is 6.77. The molecular formula is C20H21N3O5. The van der Waals surface area contributed by atoms with E-state index in [1.807, 2.05) is 0 Å². The average molecular weight is 383 g/mol. The molecule has 0 amide bonds. The van der Waals surface area contributed by atoms with Gasteiger partial charge in [0.2, 0.25) is 0 Å². The number of aromatic nitrogens is 2.